The van der Waals surface area contributed by atoms with Crippen LogP contribution in [0.3, 0.4) is 0 Å². The Morgan fingerprint density at radius 1 is 1.25 bits per heavy atom. The number of carbonyl (C=O) groups excluding carboxylic acids is 1. The SMILES string of the molecule is NC1(C(=O)Nc2ccc(-c3cnco3)cc2)CCCC1. The van der Waals surface area contributed by atoms with Crippen molar-refractivity contribution in [2.24, 2.45) is 5.73 Å². The second kappa shape index (κ2) is 5.09. The predicted molar refractivity (Wildman–Crippen MR) is 76.0 cm³/mol. The van der Waals surface area contributed by atoms with Crippen molar-refractivity contribution < 1.29 is 9.21 Å². The first-order valence-electron chi connectivity index (χ1n) is 6.77. The number of hydrogen-bond donors (Lipinski definition) is 2. The molecule has 0 saturated heterocycles. The molecule has 1 aliphatic rings. The van der Waals surface area contributed by atoms with E-state index in [1.807, 2.05) is 24.3 Å². The molecule has 0 unspecified atom stereocenters. The molecule has 0 radical (unpaired) electrons. The highest BCUT2D eigenvalue weighted by Crippen LogP contribution is 2.28. The molecule has 104 valence electrons. The minimum Gasteiger partial charge on any atom is -0.444 e. The third-order valence-electron chi connectivity index (χ3n) is 3.81. The molecule has 3 rings (SSSR count). The highest BCUT2D eigenvalue weighted by molar-refractivity contribution is 5.98. The van der Waals surface area contributed by atoms with Crippen LogP contribution in [-0.4, -0.2) is 16.4 Å². The molecule has 1 amide bonds. The average Bonchev–Trinajstić information content (AvgIpc) is 3.11. The Bertz CT molecular complexity index is 584. The van der Waals surface area contributed by atoms with Gasteiger partial charge in [-0.15, -0.1) is 0 Å². The van der Waals surface area contributed by atoms with Gasteiger partial charge in [0.1, 0.15) is 0 Å². The first-order valence-corrected chi connectivity index (χ1v) is 6.77. The number of nitrogens with one attached hydrogen (secondary N) is 1. The van der Waals surface area contributed by atoms with Crippen LogP contribution in [0, 0.1) is 0 Å². The zero-order chi connectivity index (χ0) is 14.0. The Kier molecular flexibility index (Phi) is 3.28. The third-order valence-corrected chi connectivity index (χ3v) is 3.81. The van der Waals surface area contributed by atoms with Gasteiger partial charge in [-0.05, 0) is 37.1 Å². The van der Waals surface area contributed by atoms with E-state index in [0.717, 1.165) is 36.9 Å². The number of anilines is 1. The number of benzene rings is 1. The van der Waals surface area contributed by atoms with Gasteiger partial charge in [-0.3, -0.25) is 4.79 Å². The normalized spacial score (nSPS) is 17.1. The fourth-order valence-electron chi connectivity index (χ4n) is 2.56. The largest absolute Gasteiger partial charge is 0.444 e. The summed E-state index contributed by atoms with van der Waals surface area (Å²) >= 11 is 0. The molecule has 0 spiro atoms. The Hall–Kier alpha value is -2.14. The first-order chi connectivity index (χ1) is 9.67. The van der Waals surface area contributed by atoms with Crippen molar-refractivity contribution in [2.75, 3.05) is 5.32 Å². The zero-order valence-corrected chi connectivity index (χ0v) is 11.1. The number of aromatic nitrogens is 1. The van der Waals surface area contributed by atoms with Gasteiger partial charge in [-0.2, -0.15) is 0 Å². The van der Waals surface area contributed by atoms with Gasteiger partial charge in [0, 0.05) is 11.3 Å². The van der Waals surface area contributed by atoms with Gasteiger partial charge in [-0.25, -0.2) is 4.98 Å². The molecule has 5 heteroatoms. The van der Waals surface area contributed by atoms with Crippen molar-refractivity contribution in [3.05, 3.63) is 36.9 Å². The van der Waals surface area contributed by atoms with Gasteiger partial charge >= 0.3 is 0 Å². The minimum absolute atomic E-state index is 0.0950. The molecule has 1 aliphatic carbocycles. The van der Waals surface area contributed by atoms with E-state index in [-0.39, 0.29) is 5.91 Å². The van der Waals surface area contributed by atoms with Crippen molar-refractivity contribution in [1.82, 2.24) is 4.98 Å². The molecule has 0 bridgehead atoms. The van der Waals surface area contributed by atoms with Gasteiger partial charge < -0.3 is 15.5 Å². The maximum Gasteiger partial charge on any atom is 0.244 e. The Labute approximate surface area is 117 Å². The summed E-state index contributed by atoms with van der Waals surface area (Å²) in [6.45, 7) is 0. The van der Waals surface area contributed by atoms with Crippen molar-refractivity contribution in [2.45, 2.75) is 31.2 Å². The van der Waals surface area contributed by atoms with Gasteiger partial charge in [0.2, 0.25) is 5.91 Å². The molecule has 5 nitrogen and oxygen atoms in total. The molecule has 20 heavy (non-hydrogen) atoms. The lowest BCUT2D eigenvalue weighted by molar-refractivity contribution is -0.121. The number of oxazole rings is 1. The third kappa shape index (κ3) is 2.44. The monoisotopic (exact) mass is 271 g/mol. The predicted octanol–water partition coefficient (Wildman–Crippen LogP) is 2.55. The summed E-state index contributed by atoms with van der Waals surface area (Å²) in [5.41, 5.74) is 7.08. The molecule has 1 saturated carbocycles. The fraction of sp³-hybridized carbons (Fsp3) is 0.333. The Balaban J connectivity index is 1.71. The molecule has 2 aromatic rings. The van der Waals surface area contributed by atoms with Crippen molar-refractivity contribution in [3.8, 4) is 11.3 Å². The summed E-state index contributed by atoms with van der Waals surface area (Å²) in [7, 11) is 0. The van der Waals surface area contributed by atoms with Crippen LogP contribution in [-0.2, 0) is 4.79 Å². The number of nitrogens with zero attached hydrogens (tertiary/aromatic N) is 1. The smallest absolute Gasteiger partial charge is 0.244 e. The highest BCUT2D eigenvalue weighted by atomic mass is 16.3. The van der Waals surface area contributed by atoms with Crippen LogP contribution in [0.4, 0.5) is 5.69 Å². The summed E-state index contributed by atoms with van der Waals surface area (Å²) in [5, 5.41) is 2.89. The van der Waals surface area contributed by atoms with Crippen LogP contribution in [0.1, 0.15) is 25.7 Å². The van der Waals surface area contributed by atoms with Gasteiger partial charge in [-0.1, -0.05) is 12.8 Å². The number of nitrogens with two attached hydrogens (primary N) is 1. The van der Waals surface area contributed by atoms with Crippen LogP contribution in [0.15, 0.2) is 41.3 Å². The number of carbonyl (C=O) groups is 1. The topological polar surface area (TPSA) is 81.2 Å². The van der Waals surface area contributed by atoms with Crippen molar-refractivity contribution in [1.29, 1.82) is 0 Å². The second-order valence-corrected chi connectivity index (χ2v) is 5.26. The van der Waals surface area contributed by atoms with E-state index in [4.69, 9.17) is 10.2 Å². The number of amides is 1. The number of hydrogen-bond acceptors (Lipinski definition) is 4. The molecule has 1 aromatic carbocycles. The van der Waals surface area contributed by atoms with E-state index in [0.29, 0.717) is 5.76 Å². The average molecular weight is 271 g/mol. The zero-order valence-electron chi connectivity index (χ0n) is 11.1. The molecule has 1 fully saturated rings. The first kappa shape index (κ1) is 12.9. The van der Waals surface area contributed by atoms with Gasteiger partial charge in [0.15, 0.2) is 12.2 Å². The summed E-state index contributed by atoms with van der Waals surface area (Å²) in [5.74, 6) is 0.608. The summed E-state index contributed by atoms with van der Waals surface area (Å²) in [6.07, 6.45) is 6.61. The molecule has 1 heterocycles. The summed E-state index contributed by atoms with van der Waals surface area (Å²) in [4.78, 5) is 16.1. The van der Waals surface area contributed by atoms with Crippen molar-refractivity contribution in [3.63, 3.8) is 0 Å². The van der Waals surface area contributed by atoms with Gasteiger partial charge in [0.05, 0.1) is 11.7 Å². The standard InChI is InChI=1S/C15H17N3O2/c16-15(7-1-2-8-15)14(19)18-12-5-3-11(4-6-12)13-9-17-10-20-13/h3-6,9-10H,1-2,7-8,16H2,(H,18,19). The minimum atomic E-state index is -0.705. The maximum atomic E-state index is 12.2. The van der Waals surface area contributed by atoms with E-state index < -0.39 is 5.54 Å². The van der Waals surface area contributed by atoms with E-state index in [1.54, 1.807) is 6.20 Å². The van der Waals surface area contributed by atoms with Crippen LogP contribution in [0.5, 0.6) is 0 Å². The molecular weight excluding hydrogens is 254 g/mol. The van der Waals surface area contributed by atoms with E-state index in [9.17, 15) is 4.79 Å². The van der Waals surface area contributed by atoms with Crippen LogP contribution < -0.4 is 11.1 Å². The Morgan fingerprint density at radius 2 is 1.95 bits per heavy atom. The van der Waals surface area contributed by atoms with Crippen molar-refractivity contribution >= 4 is 11.6 Å². The molecule has 3 N–H and O–H groups in total. The lowest BCUT2D eigenvalue weighted by Gasteiger charge is -2.22. The molecule has 1 aromatic heterocycles. The van der Waals surface area contributed by atoms with Gasteiger partial charge in [0.25, 0.3) is 0 Å². The lowest BCUT2D eigenvalue weighted by atomic mass is 9.98. The highest BCUT2D eigenvalue weighted by Gasteiger charge is 2.36. The maximum absolute atomic E-state index is 12.2. The van der Waals surface area contributed by atoms with Crippen LogP contribution >= 0.6 is 0 Å². The fourth-order valence-corrected chi connectivity index (χ4v) is 2.56. The Morgan fingerprint density at radius 3 is 2.55 bits per heavy atom. The second-order valence-electron chi connectivity index (χ2n) is 5.26. The van der Waals surface area contributed by atoms with Crippen LogP contribution in [0.2, 0.25) is 0 Å². The van der Waals surface area contributed by atoms with E-state index in [2.05, 4.69) is 10.3 Å². The van der Waals surface area contributed by atoms with E-state index in [1.165, 1.54) is 6.39 Å². The molecule has 0 aliphatic heterocycles. The van der Waals surface area contributed by atoms with Crippen LogP contribution in [0.25, 0.3) is 11.3 Å². The van der Waals surface area contributed by atoms with E-state index >= 15 is 0 Å². The quantitative estimate of drug-likeness (QED) is 0.899. The molecular formula is C15H17N3O2. The summed E-state index contributed by atoms with van der Waals surface area (Å²) in [6, 6.07) is 7.45. The lowest BCUT2D eigenvalue weighted by Crippen LogP contribution is -2.48. The summed E-state index contributed by atoms with van der Waals surface area (Å²) < 4.78 is 5.22. The number of rotatable bonds is 3. The molecule has 0 atom stereocenters.